The van der Waals surface area contributed by atoms with Crippen LogP contribution in [0, 0.1) is 6.07 Å². The van der Waals surface area contributed by atoms with Gasteiger partial charge in [-0.1, -0.05) is 68.6 Å². The first-order valence-electron chi connectivity index (χ1n) is 12.1. The summed E-state index contributed by atoms with van der Waals surface area (Å²) in [6.45, 7) is 6.58. The summed E-state index contributed by atoms with van der Waals surface area (Å²) >= 11 is 0. The van der Waals surface area contributed by atoms with Crippen molar-refractivity contribution in [3.05, 3.63) is 109 Å². The number of fused-ring (bicyclic) bond motifs is 3. The van der Waals surface area contributed by atoms with Crippen LogP contribution in [0.1, 0.15) is 26.3 Å². The number of hydrogen-bond donors (Lipinski definition) is 1. The van der Waals surface area contributed by atoms with Crippen LogP contribution in [0.25, 0.3) is 50.1 Å². The van der Waals surface area contributed by atoms with Crippen molar-refractivity contribution in [2.75, 3.05) is 0 Å². The second-order valence-electron chi connectivity index (χ2n) is 10.1. The Balaban J connectivity index is 0.00000280. The summed E-state index contributed by atoms with van der Waals surface area (Å²) in [5, 5.41) is 12.9. The number of rotatable bonds is 3. The molecule has 1 N–H and O–H groups in total. The molecule has 5 heteroatoms. The van der Waals surface area contributed by atoms with Crippen LogP contribution >= 0.6 is 0 Å². The van der Waals surface area contributed by atoms with E-state index in [0.29, 0.717) is 5.56 Å². The standard InChI is InChI=1S/C32H26N3O.Pt/c1-32(2,3)22-19-27(25-11-5-7-14-30(25)36)34-31(20-22)35-28-13-6-4-10-23(28)24-16-15-21(18-29(24)35)26-12-8-9-17-33-26;/h4-17,19-20,36H,1-3H3;/q-1;. The van der Waals surface area contributed by atoms with Crippen LogP contribution in [0.2, 0.25) is 0 Å². The number of nitrogens with zero attached hydrogens (tertiary/aromatic N) is 3. The van der Waals surface area contributed by atoms with Crippen LogP contribution in [-0.2, 0) is 26.5 Å². The Labute approximate surface area is 230 Å². The van der Waals surface area contributed by atoms with Gasteiger partial charge >= 0.3 is 0 Å². The third kappa shape index (κ3) is 4.47. The summed E-state index contributed by atoms with van der Waals surface area (Å²) < 4.78 is 2.18. The Morgan fingerprint density at radius 2 is 1.54 bits per heavy atom. The van der Waals surface area contributed by atoms with E-state index in [0.717, 1.165) is 50.1 Å². The van der Waals surface area contributed by atoms with E-state index in [1.54, 1.807) is 12.3 Å². The Morgan fingerprint density at radius 1 is 0.784 bits per heavy atom. The molecule has 0 saturated heterocycles. The van der Waals surface area contributed by atoms with E-state index in [4.69, 9.17) is 4.98 Å². The zero-order valence-electron chi connectivity index (χ0n) is 20.8. The maximum Gasteiger partial charge on any atom is 0.137 e. The normalized spacial score (nSPS) is 11.5. The van der Waals surface area contributed by atoms with E-state index < -0.39 is 0 Å². The minimum absolute atomic E-state index is 0. The predicted molar refractivity (Wildman–Crippen MR) is 146 cm³/mol. The molecule has 37 heavy (non-hydrogen) atoms. The number of pyridine rings is 2. The third-order valence-electron chi connectivity index (χ3n) is 6.61. The van der Waals surface area contributed by atoms with Gasteiger partial charge in [-0.3, -0.25) is 0 Å². The van der Waals surface area contributed by atoms with Crippen molar-refractivity contribution < 1.29 is 26.2 Å². The Hall–Kier alpha value is -3.75. The van der Waals surface area contributed by atoms with Crippen molar-refractivity contribution in [2.24, 2.45) is 0 Å². The molecule has 3 aromatic carbocycles. The average molecular weight is 664 g/mol. The van der Waals surface area contributed by atoms with Gasteiger partial charge in [0.2, 0.25) is 0 Å². The molecule has 0 fully saturated rings. The van der Waals surface area contributed by atoms with Crippen molar-refractivity contribution in [3.63, 3.8) is 0 Å². The number of para-hydroxylation sites is 2. The molecule has 3 heterocycles. The molecule has 0 aliphatic heterocycles. The van der Waals surface area contributed by atoms with Crippen LogP contribution < -0.4 is 0 Å². The fraction of sp³-hybridized carbons (Fsp3) is 0.125. The van der Waals surface area contributed by atoms with E-state index in [1.165, 1.54) is 0 Å². The van der Waals surface area contributed by atoms with Gasteiger partial charge in [0, 0.05) is 38.3 Å². The smallest absolute Gasteiger partial charge is 0.137 e. The van der Waals surface area contributed by atoms with E-state index >= 15 is 0 Å². The number of aromatic nitrogens is 3. The van der Waals surface area contributed by atoms with E-state index in [1.807, 2.05) is 36.4 Å². The van der Waals surface area contributed by atoms with Crippen LogP contribution in [0.15, 0.2) is 97.2 Å². The number of aromatic hydroxyl groups is 1. The van der Waals surface area contributed by atoms with Gasteiger partial charge in [0.25, 0.3) is 0 Å². The molecule has 0 spiro atoms. The van der Waals surface area contributed by atoms with Gasteiger partial charge in [0.15, 0.2) is 0 Å². The van der Waals surface area contributed by atoms with Gasteiger partial charge in [-0.05, 0) is 64.0 Å². The van der Waals surface area contributed by atoms with Gasteiger partial charge in [0.1, 0.15) is 11.6 Å². The van der Waals surface area contributed by atoms with Gasteiger partial charge in [-0.25, -0.2) is 4.98 Å². The van der Waals surface area contributed by atoms with E-state index in [2.05, 4.69) is 84.9 Å². The fourth-order valence-electron chi connectivity index (χ4n) is 4.69. The first-order chi connectivity index (χ1) is 17.4. The molecule has 6 rings (SSSR count). The van der Waals surface area contributed by atoms with Gasteiger partial charge in [0.05, 0.1) is 5.69 Å². The number of phenolic OH excluding ortho intramolecular Hbond substituents is 1. The Bertz CT molecular complexity index is 1730. The van der Waals surface area contributed by atoms with Crippen LogP contribution in [0.3, 0.4) is 0 Å². The molecule has 6 aromatic rings. The van der Waals surface area contributed by atoms with Crippen molar-refractivity contribution >= 4 is 21.8 Å². The molecular weight excluding hydrogens is 637 g/mol. The Morgan fingerprint density at radius 3 is 2.30 bits per heavy atom. The minimum atomic E-state index is -0.113. The largest absolute Gasteiger partial charge is 0.507 e. The summed E-state index contributed by atoms with van der Waals surface area (Å²) in [6.07, 6.45) is 1.80. The monoisotopic (exact) mass is 663 g/mol. The van der Waals surface area contributed by atoms with E-state index in [9.17, 15) is 5.11 Å². The summed E-state index contributed by atoms with van der Waals surface area (Å²) in [7, 11) is 0. The maximum absolute atomic E-state index is 10.6. The summed E-state index contributed by atoms with van der Waals surface area (Å²) in [4.78, 5) is 9.63. The van der Waals surface area contributed by atoms with Gasteiger partial charge < -0.3 is 14.7 Å². The first-order valence-corrected chi connectivity index (χ1v) is 12.1. The molecule has 4 nitrogen and oxygen atoms in total. The molecule has 0 aliphatic carbocycles. The maximum atomic E-state index is 10.6. The first kappa shape index (κ1) is 24.9. The van der Waals surface area contributed by atoms with Crippen molar-refractivity contribution in [2.45, 2.75) is 26.2 Å². The summed E-state index contributed by atoms with van der Waals surface area (Å²) in [5.41, 5.74) is 6.29. The molecule has 0 aliphatic rings. The molecule has 0 bridgehead atoms. The predicted octanol–water partition coefficient (Wildman–Crippen LogP) is 7.71. The minimum Gasteiger partial charge on any atom is -0.507 e. The second kappa shape index (κ2) is 9.61. The zero-order chi connectivity index (χ0) is 24.9. The summed E-state index contributed by atoms with van der Waals surface area (Å²) in [6, 6.07) is 33.7. The van der Waals surface area contributed by atoms with Crippen molar-refractivity contribution in [3.8, 4) is 34.1 Å². The average Bonchev–Trinajstić information content (AvgIpc) is 3.22. The fourth-order valence-corrected chi connectivity index (χ4v) is 4.69. The molecule has 3 aromatic heterocycles. The topological polar surface area (TPSA) is 50.9 Å². The molecule has 0 atom stereocenters. The molecule has 186 valence electrons. The van der Waals surface area contributed by atoms with Crippen LogP contribution in [0.4, 0.5) is 0 Å². The summed E-state index contributed by atoms with van der Waals surface area (Å²) in [5.74, 6) is 1.01. The van der Waals surface area contributed by atoms with Crippen molar-refractivity contribution in [1.29, 1.82) is 0 Å². The molecular formula is C32H26N3OPt-. The van der Waals surface area contributed by atoms with Gasteiger partial charge in [-0.15, -0.1) is 23.8 Å². The quantitative estimate of drug-likeness (QED) is 0.198. The van der Waals surface area contributed by atoms with Gasteiger partial charge in [-0.2, -0.15) is 0 Å². The van der Waals surface area contributed by atoms with Crippen LogP contribution in [-0.4, -0.2) is 19.6 Å². The SMILES string of the molecule is CC(C)(C)c1cc(-c2ccccc2O)nc(-n2c3[c-]c(-c4ccccn4)ccc3c3ccccc32)c1.[Pt]. The number of hydrogen-bond acceptors (Lipinski definition) is 3. The van der Waals surface area contributed by atoms with E-state index in [-0.39, 0.29) is 32.2 Å². The molecule has 0 unspecified atom stereocenters. The second-order valence-corrected chi connectivity index (χ2v) is 10.1. The van der Waals surface area contributed by atoms with Crippen LogP contribution in [0.5, 0.6) is 5.75 Å². The molecule has 0 radical (unpaired) electrons. The number of benzene rings is 3. The Kier molecular flexibility index (Phi) is 6.47. The molecule has 0 amide bonds. The third-order valence-corrected chi connectivity index (χ3v) is 6.61. The molecule has 0 saturated carbocycles. The van der Waals surface area contributed by atoms with Crippen molar-refractivity contribution in [1.82, 2.24) is 14.5 Å². The zero-order valence-corrected chi connectivity index (χ0v) is 23.1. The number of phenols is 1.